The number of nitrogens with zero attached hydrogens (tertiary/aromatic N) is 3. The van der Waals surface area contributed by atoms with Crippen LogP contribution < -0.4 is 0 Å². The number of rotatable bonds is 4. The summed E-state index contributed by atoms with van der Waals surface area (Å²) in [6, 6.07) is 72.8. The van der Waals surface area contributed by atoms with E-state index >= 15 is 0 Å². The SMILES string of the molecule is c1ccc2c(c1)-c1ccccc1C1(c3ccc(-c4cc(-c5ccc(-c6cccc7ccccc67)cc5)nc(-c5ccncc5)n4)cc3-2)c2ccccc2-c2ccccc21. The van der Waals surface area contributed by atoms with E-state index in [9.17, 15) is 0 Å². The summed E-state index contributed by atoms with van der Waals surface area (Å²) in [5.74, 6) is 0.663. The Bertz CT molecular complexity index is 3220. The van der Waals surface area contributed by atoms with E-state index in [-0.39, 0.29) is 0 Å². The van der Waals surface area contributed by atoms with E-state index in [0.29, 0.717) is 5.82 Å². The van der Waals surface area contributed by atoms with Crippen LogP contribution in [0.5, 0.6) is 0 Å². The Kier molecular flexibility index (Phi) is 7.45. The zero-order valence-corrected chi connectivity index (χ0v) is 32.0. The Balaban J connectivity index is 1.08. The molecule has 0 radical (unpaired) electrons. The molecule has 3 heteroatoms. The Morgan fingerprint density at radius 2 is 0.780 bits per heavy atom. The molecule has 274 valence electrons. The van der Waals surface area contributed by atoms with Crippen LogP contribution in [0.4, 0.5) is 0 Å². The van der Waals surface area contributed by atoms with Crippen molar-refractivity contribution in [3.05, 3.63) is 235 Å². The first-order valence-corrected chi connectivity index (χ1v) is 20.2. The highest BCUT2D eigenvalue weighted by atomic mass is 14.9. The summed E-state index contributed by atoms with van der Waals surface area (Å²) in [5.41, 5.74) is 19.2. The van der Waals surface area contributed by atoms with Gasteiger partial charge in [0.25, 0.3) is 0 Å². The normalized spacial score (nSPS) is 12.9. The number of benzene rings is 8. The molecule has 8 aromatic carbocycles. The highest BCUT2D eigenvalue weighted by Gasteiger charge is 2.49. The maximum atomic E-state index is 5.29. The Labute approximate surface area is 343 Å². The number of hydrogen-bond donors (Lipinski definition) is 0. The van der Waals surface area contributed by atoms with Crippen LogP contribution in [0.15, 0.2) is 213 Å². The zero-order chi connectivity index (χ0) is 38.9. The van der Waals surface area contributed by atoms with Gasteiger partial charge in [-0.15, -0.1) is 0 Å². The van der Waals surface area contributed by atoms with E-state index in [4.69, 9.17) is 9.97 Å². The summed E-state index contributed by atoms with van der Waals surface area (Å²) in [6.45, 7) is 0. The van der Waals surface area contributed by atoms with Gasteiger partial charge in [-0.25, -0.2) is 9.97 Å². The molecule has 2 heterocycles. The first-order chi connectivity index (χ1) is 29.3. The van der Waals surface area contributed by atoms with Gasteiger partial charge in [-0.05, 0) is 102 Å². The summed E-state index contributed by atoms with van der Waals surface area (Å²) < 4.78 is 0. The summed E-state index contributed by atoms with van der Waals surface area (Å²) in [5, 5.41) is 2.47. The van der Waals surface area contributed by atoms with Gasteiger partial charge >= 0.3 is 0 Å². The van der Waals surface area contributed by atoms with Gasteiger partial charge in [-0.3, -0.25) is 4.98 Å². The number of hydrogen-bond acceptors (Lipinski definition) is 3. The van der Waals surface area contributed by atoms with Crippen molar-refractivity contribution in [1.29, 1.82) is 0 Å². The third-order valence-corrected chi connectivity index (χ3v) is 12.5. The first-order valence-electron chi connectivity index (χ1n) is 20.2. The van der Waals surface area contributed by atoms with Crippen molar-refractivity contribution in [3.8, 4) is 78.4 Å². The van der Waals surface area contributed by atoms with Crippen LogP contribution in [0.1, 0.15) is 22.3 Å². The molecular weight excluding hydrogens is 715 g/mol. The van der Waals surface area contributed by atoms with Gasteiger partial charge in [0.2, 0.25) is 0 Å². The second-order valence-corrected chi connectivity index (χ2v) is 15.5. The Morgan fingerprint density at radius 3 is 1.46 bits per heavy atom. The van der Waals surface area contributed by atoms with E-state index in [0.717, 1.165) is 28.1 Å². The van der Waals surface area contributed by atoms with E-state index in [1.54, 1.807) is 12.4 Å². The van der Waals surface area contributed by atoms with Gasteiger partial charge in [0.15, 0.2) is 5.82 Å². The molecule has 2 aliphatic rings. The van der Waals surface area contributed by atoms with Crippen LogP contribution in [0.3, 0.4) is 0 Å². The molecule has 1 spiro atoms. The van der Waals surface area contributed by atoms with Crippen molar-refractivity contribution in [2.75, 3.05) is 0 Å². The Hall–Kier alpha value is -7.75. The van der Waals surface area contributed by atoms with Crippen molar-refractivity contribution in [2.24, 2.45) is 0 Å². The monoisotopic (exact) mass is 749 g/mol. The molecule has 10 aromatic rings. The standard InChI is InChI=1S/C56H35N3/c1-2-14-41-36(12-1)13-11-20-42(41)37-24-26-38(27-25-37)53-35-54(59-55(58-53)39-30-32-57-33-31-39)40-28-29-52-48(34-40)44-16-4-3-15-43(44)45-17-5-8-21-49(45)56(52)50-22-9-6-18-46(50)47-19-7-10-23-51(47)56/h1-35H. The molecule has 0 atom stereocenters. The van der Waals surface area contributed by atoms with E-state index in [2.05, 4.69) is 193 Å². The number of fused-ring (bicyclic) bond motifs is 13. The predicted octanol–water partition coefficient (Wildman–Crippen LogP) is 13.7. The maximum Gasteiger partial charge on any atom is 0.160 e. The van der Waals surface area contributed by atoms with Crippen molar-refractivity contribution < 1.29 is 0 Å². The minimum Gasteiger partial charge on any atom is -0.265 e. The third kappa shape index (κ3) is 5.05. The minimum atomic E-state index is -0.526. The molecular formula is C56H35N3. The van der Waals surface area contributed by atoms with Gasteiger partial charge in [0.05, 0.1) is 16.8 Å². The highest BCUT2D eigenvalue weighted by molar-refractivity contribution is 5.99. The summed E-state index contributed by atoms with van der Waals surface area (Å²) in [6.07, 6.45) is 3.61. The van der Waals surface area contributed by atoms with Crippen LogP contribution in [-0.4, -0.2) is 15.0 Å². The lowest BCUT2D eigenvalue weighted by atomic mass is 9.66. The fourth-order valence-corrected chi connectivity index (χ4v) is 9.88. The molecule has 3 nitrogen and oxygen atoms in total. The molecule has 0 bridgehead atoms. The molecule has 59 heavy (non-hydrogen) atoms. The van der Waals surface area contributed by atoms with E-state index < -0.39 is 5.41 Å². The largest absolute Gasteiger partial charge is 0.265 e. The summed E-state index contributed by atoms with van der Waals surface area (Å²) in [7, 11) is 0. The molecule has 0 aliphatic heterocycles. The maximum absolute atomic E-state index is 5.29. The Morgan fingerprint density at radius 1 is 0.305 bits per heavy atom. The molecule has 12 rings (SSSR count). The van der Waals surface area contributed by atoms with Gasteiger partial charge in [-0.1, -0.05) is 176 Å². The topological polar surface area (TPSA) is 38.7 Å². The third-order valence-electron chi connectivity index (χ3n) is 12.5. The van der Waals surface area contributed by atoms with Crippen LogP contribution in [0, 0.1) is 0 Å². The fourth-order valence-electron chi connectivity index (χ4n) is 9.88. The number of pyridine rings is 1. The smallest absolute Gasteiger partial charge is 0.160 e. The molecule has 0 saturated heterocycles. The second-order valence-electron chi connectivity index (χ2n) is 15.5. The molecule has 2 aliphatic carbocycles. The lowest BCUT2D eigenvalue weighted by molar-refractivity contribution is 0.775. The van der Waals surface area contributed by atoms with Crippen LogP contribution in [0.25, 0.3) is 89.2 Å². The lowest BCUT2D eigenvalue weighted by Gasteiger charge is -2.35. The summed E-state index contributed by atoms with van der Waals surface area (Å²) >= 11 is 0. The van der Waals surface area contributed by atoms with Crippen LogP contribution in [-0.2, 0) is 5.41 Å². The van der Waals surface area contributed by atoms with Crippen molar-refractivity contribution >= 4 is 10.8 Å². The van der Waals surface area contributed by atoms with Crippen molar-refractivity contribution in [2.45, 2.75) is 5.41 Å². The molecule has 0 unspecified atom stereocenters. The number of aromatic nitrogens is 3. The van der Waals surface area contributed by atoms with E-state index in [1.807, 2.05) is 12.1 Å². The van der Waals surface area contributed by atoms with Gasteiger partial charge < -0.3 is 0 Å². The molecule has 0 fully saturated rings. The molecule has 0 N–H and O–H groups in total. The van der Waals surface area contributed by atoms with Crippen LogP contribution in [0.2, 0.25) is 0 Å². The molecule has 0 saturated carbocycles. The fraction of sp³-hybridized carbons (Fsp3) is 0.0179. The zero-order valence-electron chi connectivity index (χ0n) is 32.0. The lowest BCUT2D eigenvalue weighted by Crippen LogP contribution is -2.29. The molecule has 2 aromatic heterocycles. The average molecular weight is 750 g/mol. The van der Waals surface area contributed by atoms with Crippen LogP contribution >= 0.6 is 0 Å². The van der Waals surface area contributed by atoms with E-state index in [1.165, 1.54) is 77.5 Å². The molecule has 0 amide bonds. The quantitative estimate of drug-likeness (QED) is 0.180. The van der Waals surface area contributed by atoms with Gasteiger partial charge in [-0.2, -0.15) is 0 Å². The predicted molar refractivity (Wildman–Crippen MR) is 241 cm³/mol. The van der Waals surface area contributed by atoms with Crippen molar-refractivity contribution in [3.63, 3.8) is 0 Å². The average Bonchev–Trinajstić information content (AvgIpc) is 3.56. The highest BCUT2D eigenvalue weighted by Crippen LogP contribution is 2.61. The first kappa shape index (κ1) is 33.4. The minimum absolute atomic E-state index is 0.526. The van der Waals surface area contributed by atoms with Gasteiger partial charge in [0.1, 0.15) is 0 Å². The second kappa shape index (κ2) is 13.2. The van der Waals surface area contributed by atoms with Gasteiger partial charge in [0, 0.05) is 29.1 Å². The summed E-state index contributed by atoms with van der Waals surface area (Å²) in [4.78, 5) is 14.8. The van der Waals surface area contributed by atoms with Crippen molar-refractivity contribution in [1.82, 2.24) is 15.0 Å².